The maximum atomic E-state index is 8.93. The molecule has 0 bridgehead atoms. The Morgan fingerprint density at radius 1 is 1.24 bits per heavy atom. The summed E-state index contributed by atoms with van der Waals surface area (Å²) in [5.74, 6) is 0.742. The molecule has 0 amide bonds. The van der Waals surface area contributed by atoms with Gasteiger partial charge in [-0.1, -0.05) is 22.8 Å². The van der Waals surface area contributed by atoms with Crippen LogP contribution in [0, 0.1) is 0 Å². The van der Waals surface area contributed by atoms with Crippen molar-refractivity contribution < 1.29 is 9.94 Å². The molecule has 0 saturated heterocycles. The van der Waals surface area contributed by atoms with E-state index in [1.54, 1.807) is 13.2 Å². The quantitative estimate of drug-likeness (QED) is 0.394. The minimum absolute atomic E-state index is 0.0315. The fourth-order valence-electron chi connectivity index (χ4n) is 2.04. The van der Waals surface area contributed by atoms with Gasteiger partial charge in [0.2, 0.25) is 0 Å². The van der Waals surface area contributed by atoms with Gasteiger partial charge in [-0.25, -0.2) is 0 Å². The Balaban J connectivity index is 2.47. The SMILES string of the molecule is COc1ccc(N(C)c2cccc(Cl)c2C(N)=NO)cc1. The van der Waals surface area contributed by atoms with Crippen LogP contribution in [-0.2, 0) is 0 Å². The molecule has 0 aliphatic rings. The molecule has 5 nitrogen and oxygen atoms in total. The Morgan fingerprint density at radius 2 is 1.90 bits per heavy atom. The van der Waals surface area contributed by atoms with Crippen LogP contribution in [0.1, 0.15) is 5.56 Å². The number of hydrogen-bond acceptors (Lipinski definition) is 4. The van der Waals surface area contributed by atoms with Gasteiger partial charge in [0.05, 0.1) is 23.4 Å². The van der Waals surface area contributed by atoms with Crippen molar-refractivity contribution in [3.63, 3.8) is 0 Å². The highest BCUT2D eigenvalue weighted by molar-refractivity contribution is 6.35. The summed E-state index contributed by atoms with van der Waals surface area (Å²) in [4.78, 5) is 1.90. The number of hydrogen-bond donors (Lipinski definition) is 2. The molecule has 0 spiro atoms. The van der Waals surface area contributed by atoms with E-state index in [0.29, 0.717) is 10.6 Å². The van der Waals surface area contributed by atoms with E-state index in [1.807, 2.05) is 48.3 Å². The van der Waals surface area contributed by atoms with Crippen molar-refractivity contribution in [1.29, 1.82) is 0 Å². The van der Waals surface area contributed by atoms with Crippen LogP contribution >= 0.6 is 11.6 Å². The van der Waals surface area contributed by atoms with Gasteiger partial charge in [-0.2, -0.15) is 0 Å². The van der Waals surface area contributed by atoms with E-state index in [1.165, 1.54) is 0 Å². The largest absolute Gasteiger partial charge is 0.497 e. The van der Waals surface area contributed by atoms with Crippen LogP contribution in [0.15, 0.2) is 47.6 Å². The number of methoxy groups -OCH3 is 1. The van der Waals surface area contributed by atoms with Crippen LogP contribution < -0.4 is 15.4 Å². The van der Waals surface area contributed by atoms with Crippen LogP contribution in [-0.4, -0.2) is 25.2 Å². The lowest BCUT2D eigenvalue weighted by atomic mass is 10.1. The smallest absolute Gasteiger partial charge is 0.173 e. The summed E-state index contributed by atoms with van der Waals surface area (Å²) in [6.45, 7) is 0. The zero-order valence-corrected chi connectivity index (χ0v) is 12.5. The third-order valence-corrected chi connectivity index (χ3v) is 3.49. The molecule has 0 radical (unpaired) electrons. The molecule has 0 fully saturated rings. The first-order chi connectivity index (χ1) is 10.1. The van der Waals surface area contributed by atoms with Crippen LogP contribution in [0.3, 0.4) is 0 Å². The summed E-state index contributed by atoms with van der Waals surface area (Å²) in [6.07, 6.45) is 0. The molecule has 6 heteroatoms. The van der Waals surface area contributed by atoms with E-state index in [-0.39, 0.29) is 5.84 Å². The molecule has 0 atom stereocenters. The minimum atomic E-state index is -0.0315. The van der Waals surface area contributed by atoms with E-state index in [9.17, 15) is 0 Å². The van der Waals surface area contributed by atoms with Crippen molar-refractivity contribution in [2.45, 2.75) is 0 Å². The summed E-state index contributed by atoms with van der Waals surface area (Å²) in [5, 5.41) is 12.4. The number of nitrogens with two attached hydrogens (primary N) is 1. The van der Waals surface area contributed by atoms with Gasteiger partial charge in [0.1, 0.15) is 5.75 Å². The number of benzene rings is 2. The minimum Gasteiger partial charge on any atom is -0.497 e. The lowest BCUT2D eigenvalue weighted by Gasteiger charge is -2.23. The fraction of sp³-hybridized carbons (Fsp3) is 0.133. The van der Waals surface area contributed by atoms with Crippen LogP contribution in [0.2, 0.25) is 5.02 Å². The number of halogens is 1. The molecule has 110 valence electrons. The molecule has 0 saturated carbocycles. The fourth-order valence-corrected chi connectivity index (χ4v) is 2.31. The van der Waals surface area contributed by atoms with Gasteiger partial charge in [-0.05, 0) is 36.4 Å². The number of nitrogens with zero attached hydrogens (tertiary/aromatic N) is 2. The van der Waals surface area contributed by atoms with Gasteiger partial charge in [0.25, 0.3) is 0 Å². The van der Waals surface area contributed by atoms with Gasteiger partial charge in [-0.3, -0.25) is 0 Å². The highest BCUT2D eigenvalue weighted by Crippen LogP contribution is 2.32. The van der Waals surface area contributed by atoms with E-state index in [0.717, 1.165) is 17.1 Å². The summed E-state index contributed by atoms with van der Waals surface area (Å²) >= 11 is 6.16. The highest BCUT2D eigenvalue weighted by Gasteiger charge is 2.15. The van der Waals surface area contributed by atoms with Crippen molar-refractivity contribution in [1.82, 2.24) is 0 Å². The van der Waals surface area contributed by atoms with Crippen molar-refractivity contribution in [2.24, 2.45) is 10.9 Å². The molecule has 2 aromatic rings. The van der Waals surface area contributed by atoms with Crippen LogP contribution in [0.4, 0.5) is 11.4 Å². The first-order valence-corrected chi connectivity index (χ1v) is 6.60. The van der Waals surface area contributed by atoms with E-state index >= 15 is 0 Å². The van der Waals surface area contributed by atoms with Crippen molar-refractivity contribution in [2.75, 3.05) is 19.1 Å². The Bertz CT molecular complexity index is 656. The first-order valence-electron chi connectivity index (χ1n) is 6.22. The first kappa shape index (κ1) is 15.0. The second-order valence-electron chi connectivity index (χ2n) is 4.38. The molecule has 0 aliphatic heterocycles. The number of amidine groups is 1. The number of anilines is 2. The number of rotatable bonds is 4. The summed E-state index contributed by atoms with van der Waals surface area (Å²) < 4.78 is 5.14. The molecule has 0 unspecified atom stereocenters. The molecule has 0 aromatic heterocycles. The van der Waals surface area contributed by atoms with E-state index < -0.39 is 0 Å². The Hall–Kier alpha value is -2.40. The maximum absolute atomic E-state index is 8.93. The summed E-state index contributed by atoms with van der Waals surface area (Å²) in [7, 11) is 3.49. The normalized spacial score (nSPS) is 11.3. The number of oxime groups is 1. The average Bonchev–Trinajstić information content (AvgIpc) is 2.53. The standard InChI is InChI=1S/C15H16ClN3O2/c1-19(10-6-8-11(21-2)9-7-10)13-5-3-4-12(16)14(13)15(17)18-20/h3-9,20H,1-2H3,(H2,17,18). The second-order valence-corrected chi connectivity index (χ2v) is 4.78. The lowest BCUT2D eigenvalue weighted by Crippen LogP contribution is -2.20. The highest BCUT2D eigenvalue weighted by atomic mass is 35.5. The molecule has 0 aliphatic carbocycles. The van der Waals surface area contributed by atoms with Gasteiger partial charge in [-0.15, -0.1) is 0 Å². The zero-order valence-electron chi connectivity index (χ0n) is 11.7. The lowest BCUT2D eigenvalue weighted by molar-refractivity contribution is 0.318. The third-order valence-electron chi connectivity index (χ3n) is 3.18. The molecular weight excluding hydrogens is 290 g/mol. The average molecular weight is 306 g/mol. The summed E-state index contributed by atoms with van der Waals surface area (Å²) in [5.41, 5.74) is 7.87. The number of ether oxygens (including phenoxy) is 1. The Kier molecular flexibility index (Phi) is 4.55. The molecule has 3 N–H and O–H groups in total. The zero-order chi connectivity index (χ0) is 15.4. The third kappa shape index (κ3) is 3.03. The van der Waals surface area contributed by atoms with Gasteiger partial charge in [0, 0.05) is 12.7 Å². The van der Waals surface area contributed by atoms with Crippen molar-refractivity contribution in [3.05, 3.63) is 53.1 Å². The van der Waals surface area contributed by atoms with E-state index in [4.69, 9.17) is 27.3 Å². The molecule has 21 heavy (non-hydrogen) atoms. The molecule has 2 rings (SSSR count). The van der Waals surface area contributed by atoms with Gasteiger partial charge < -0.3 is 20.6 Å². The molecule has 0 heterocycles. The Labute approximate surface area is 128 Å². The van der Waals surface area contributed by atoms with Crippen LogP contribution in [0.5, 0.6) is 5.75 Å². The maximum Gasteiger partial charge on any atom is 0.173 e. The Morgan fingerprint density at radius 3 is 2.48 bits per heavy atom. The van der Waals surface area contributed by atoms with Gasteiger partial charge in [0.15, 0.2) is 5.84 Å². The predicted octanol–water partition coefficient (Wildman–Crippen LogP) is 3.21. The van der Waals surface area contributed by atoms with E-state index in [2.05, 4.69) is 5.16 Å². The predicted molar refractivity (Wildman–Crippen MR) is 85.0 cm³/mol. The second kappa shape index (κ2) is 6.37. The van der Waals surface area contributed by atoms with Crippen LogP contribution in [0.25, 0.3) is 0 Å². The summed E-state index contributed by atoms with van der Waals surface area (Å²) in [6, 6.07) is 12.9. The topological polar surface area (TPSA) is 71.1 Å². The van der Waals surface area contributed by atoms with Gasteiger partial charge >= 0.3 is 0 Å². The monoisotopic (exact) mass is 305 g/mol. The van der Waals surface area contributed by atoms with Crippen molar-refractivity contribution in [3.8, 4) is 5.75 Å². The molecular formula is C15H16ClN3O2. The molecule has 2 aromatic carbocycles. The van der Waals surface area contributed by atoms with Crippen molar-refractivity contribution >= 4 is 28.8 Å².